The Bertz CT molecular complexity index is 1230. The van der Waals surface area contributed by atoms with Crippen molar-refractivity contribution in [3.8, 4) is 5.75 Å². The van der Waals surface area contributed by atoms with Crippen LogP contribution in [0.15, 0.2) is 41.3 Å². The smallest absolute Gasteiger partial charge is 0.246 e. The van der Waals surface area contributed by atoms with E-state index in [1.54, 1.807) is 39.0 Å². The van der Waals surface area contributed by atoms with Crippen molar-refractivity contribution in [1.82, 2.24) is 9.29 Å². The number of carbonyl (C=O) groups is 1. The van der Waals surface area contributed by atoms with Gasteiger partial charge in [-0.15, -0.1) is 0 Å². The van der Waals surface area contributed by atoms with Gasteiger partial charge in [0.2, 0.25) is 15.9 Å². The normalized spacial score (nSPS) is 11.8. The molecule has 0 aliphatic heterocycles. The number of rotatable bonds is 9. The van der Waals surface area contributed by atoms with E-state index in [4.69, 9.17) is 4.74 Å². The molecule has 3 aromatic rings. The largest absolute Gasteiger partial charge is 0.492 e. The molecule has 0 radical (unpaired) electrons. The molecule has 32 heavy (non-hydrogen) atoms. The van der Waals surface area contributed by atoms with Gasteiger partial charge in [0, 0.05) is 35.4 Å². The maximum Gasteiger partial charge on any atom is 0.246 e. The molecule has 0 aliphatic rings. The van der Waals surface area contributed by atoms with Crippen LogP contribution in [-0.4, -0.2) is 43.3 Å². The van der Waals surface area contributed by atoms with Crippen molar-refractivity contribution >= 4 is 32.5 Å². The first-order chi connectivity index (χ1) is 15.2. The number of anilines is 1. The molecule has 0 bridgehead atoms. The highest BCUT2D eigenvalue weighted by molar-refractivity contribution is 7.89. The first-order valence-electron chi connectivity index (χ1n) is 10.5. The average Bonchev–Trinajstić information content (AvgIpc) is 3.04. The molecule has 1 amide bonds. The molecular formula is C23H28FN3O4S. The maximum absolute atomic E-state index is 13.7. The Morgan fingerprint density at radius 2 is 1.84 bits per heavy atom. The monoisotopic (exact) mass is 461 g/mol. The van der Waals surface area contributed by atoms with Crippen molar-refractivity contribution in [2.75, 3.05) is 25.0 Å². The van der Waals surface area contributed by atoms with E-state index in [-0.39, 0.29) is 28.8 Å². The fourth-order valence-electron chi connectivity index (χ4n) is 3.71. The minimum atomic E-state index is -3.79. The molecule has 172 valence electrons. The number of nitrogens with zero attached hydrogens (tertiary/aromatic N) is 1. The Balaban J connectivity index is 1.90. The van der Waals surface area contributed by atoms with Crippen LogP contribution in [0.4, 0.5) is 10.1 Å². The number of fused-ring (bicyclic) bond motifs is 1. The van der Waals surface area contributed by atoms with Crippen LogP contribution in [-0.2, 0) is 21.2 Å². The van der Waals surface area contributed by atoms with Gasteiger partial charge in [-0.3, -0.25) is 4.79 Å². The summed E-state index contributed by atoms with van der Waals surface area (Å²) in [5, 5.41) is 3.41. The molecule has 1 aromatic heterocycles. The number of nitrogens with one attached hydrogen (secondary N) is 2. The fraction of sp³-hybridized carbons (Fsp3) is 0.348. The number of carbonyl (C=O) groups excluding carboxylic acids is 1. The lowest BCUT2D eigenvalue weighted by Crippen LogP contribution is -2.31. The standard InChI is InChI=1S/C23H28FN3O4S/c1-5-27(6-2)32(29,30)22-13-17(9-11-21(22)31-7-3)26-23(28)14-18-15(4)25-20-10-8-16(24)12-19(18)20/h8-13,25H,5-7,14H2,1-4H3,(H,26,28). The first kappa shape index (κ1) is 23.7. The van der Waals surface area contributed by atoms with Crippen LogP contribution in [0.25, 0.3) is 10.9 Å². The van der Waals surface area contributed by atoms with Gasteiger partial charge >= 0.3 is 0 Å². The molecule has 1 heterocycles. The summed E-state index contributed by atoms with van der Waals surface area (Å²) in [6.07, 6.45) is 0.0145. The van der Waals surface area contributed by atoms with Crippen LogP contribution < -0.4 is 10.1 Å². The maximum atomic E-state index is 13.7. The van der Waals surface area contributed by atoms with Crippen molar-refractivity contribution in [2.45, 2.75) is 39.0 Å². The minimum absolute atomic E-state index is 0.00574. The van der Waals surface area contributed by atoms with Crippen molar-refractivity contribution in [2.24, 2.45) is 0 Å². The molecule has 3 rings (SSSR count). The van der Waals surface area contributed by atoms with E-state index < -0.39 is 10.0 Å². The molecule has 0 unspecified atom stereocenters. The third kappa shape index (κ3) is 4.78. The number of benzene rings is 2. The van der Waals surface area contributed by atoms with Gasteiger partial charge in [0.15, 0.2) is 0 Å². The lowest BCUT2D eigenvalue weighted by atomic mass is 10.1. The minimum Gasteiger partial charge on any atom is -0.492 e. The number of H-pyrrole nitrogens is 1. The Morgan fingerprint density at radius 1 is 1.12 bits per heavy atom. The summed E-state index contributed by atoms with van der Waals surface area (Å²) in [6.45, 7) is 8.07. The van der Waals surface area contributed by atoms with Crippen LogP contribution in [0.5, 0.6) is 5.75 Å². The van der Waals surface area contributed by atoms with Crippen molar-refractivity contribution in [3.05, 3.63) is 53.5 Å². The number of aromatic amines is 1. The molecular weight excluding hydrogens is 433 g/mol. The van der Waals surface area contributed by atoms with Crippen molar-refractivity contribution < 1.29 is 22.3 Å². The SMILES string of the molecule is CCOc1ccc(NC(=O)Cc2c(C)[nH]c3ccc(F)cc23)cc1S(=O)(=O)N(CC)CC. The quantitative estimate of drug-likeness (QED) is 0.499. The second kappa shape index (κ2) is 9.70. The van der Waals surface area contributed by atoms with Crippen molar-refractivity contribution in [1.29, 1.82) is 0 Å². The van der Waals surface area contributed by atoms with E-state index in [0.29, 0.717) is 36.3 Å². The zero-order chi connectivity index (χ0) is 23.5. The van der Waals surface area contributed by atoms with Gasteiger partial charge in [-0.2, -0.15) is 4.31 Å². The number of aryl methyl sites for hydroxylation is 1. The van der Waals surface area contributed by atoms with Gasteiger partial charge in [0.1, 0.15) is 16.5 Å². The highest BCUT2D eigenvalue weighted by Crippen LogP contribution is 2.30. The van der Waals surface area contributed by atoms with Crippen LogP contribution in [0.3, 0.4) is 0 Å². The van der Waals surface area contributed by atoms with E-state index >= 15 is 0 Å². The predicted molar refractivity (Wildman–Crippen MR) is 123 cm³/mol. The molecule has 2 N–H and O–H groups in total. The third-order valence-corrected chi connectivity index (χ3v) is 7.34. The van der Waals surface area contributed by atoms with Crippen LogP contribution >= 0.6 is 0 Å². The van der Waals surface area contributed by atoms with E-state index in [0.717, 1.165) is 11.2 Å². The molecule has 0 saturated carbocycles. The summed E-state index contributed by atoms with van der Waals surface area (Å²) in [5.74, 6) is -0.482. The number of hydrogen-bond acceptors (Lipinski definition) is 4. The average molecular weight is 462 g/mol. The molecule has 0 saturated heterocycles. The number of ether oxygens (including phenoxy) is 1. The van der Waals surface area contributed by atoms with E-state index in [1.165, 1.54) is 22.5 Å². The summed E-state index contributed by atoms with van der Waals surface area (Å²) in [7, 11) is -3.79. The van der Waals surface area contributed by atoms with Gasteiger partial charge in [-0.05, 0) is 55.8 Å². The number of amides is 1. The summed E-state index contributed by atoms with van der Waals surface area (Å²) in [4.78, 5) is 15.9. The molecule has 0 atom stereocenters. The highest BCUT2D eigenvalue weighted by atomic mass is 32.2. The van der Waals surface area contributed by atoms with E-state index in [1.807, 2.05) is 6.92 Å². The predicted octanol–water partition coefficient (Wildman–Crippen LogP) is 4.23. The zero-order valence-electron chi connectivity index (χ0n) is 18.7. The summed E-state index contributed by atoms with van der Waals surface area (Å²) >= 11 is 0. The number of aromatic nitrogens is 1. The van der Waals surface area contributed by atoms with E-state index in [9.17, 15) is 17.6 Å². The van der Waals surface area contributed by atoms with Crippen LogP contribution in [0.2, 0.25) is 0 Å². The Labute approximate surface area is 187 Å². The Morgan fingerprint density at radius 3 is 2.50 bits per heavy atom. The van der Waals surface area contributed by atoms with Crippen LogP contribution in [0, 0.1) is 12.7 Å². The molecule has 7 nitrogen and oxygen atoms in total. The van der Waals surface area contributed by atoms with Crippen molar-refractivity contribution in [3.63, 3.8) is 0 Å². The van der Waals surface area contributed by atoms with Gasteiger partial charge in [-0.25, -0.2) is 12.8 Å². The fourth-order valence-corrected chi connectivity index (χ4v) is 5.33. The van der Waals surface area contributed by atoms with E-state index in [2.05, 4.69) is 10.3 Å². The lowest BCUT2D eigenvalue weighted by Gasteiger charge is -2.21. The van der Waals surface area contributed by atoms with Crippen LogP contribution in [0.1, 0.15) is 32.0 Å². The molecule has 9 heteroatoms. The summed E-state index contributed by atoms with van der Waals surface area (Å²) < 4.78 is 46.8. The highest BCUT2D eigenvalue weighted by Gasteiger charge is 2.26. The third-order valence-electron chi connectivity index (χ3n) is 5.27. The van der Waals surface area contributed by atoms with Gasteiger partial charge < -0.3 is 15.0 Å². The molecule has 0 spiro atoms. The van der Waals surface area contributed by atoms with Gasteiger partial charge in [-0.1, -0.05) is 13.8 Å². The molecule has 2 aromatic carbocycles. The Kier molecular flexibility index (Phi) is 7.20. The topological polar surface area (TPSA) is 91.5 Å². The number of sulfonamides is 1. The second-order valence-corrected chi connectivity index (χ2v) is 9.23. The first-order valence-corrected chi connectivity index (χ1v) is 12.0. The number of halogens is 1. The second-order valence-electron chi connectivity index (χ2n) is 7.33. The Hall–Kier alpha value is -2.91. The summed E-state index contributed by atoms with van der Waals surface area (Å²) in [6, 6.07) is 8.95. The summed E-state index contributed by atoms with van der Waals surface area (Å²) in [5.41, 5.74) is 2.56. The zero-order valence-corrected chi connectivity index (χ0v) is 19.5. The molecule has 0 fully saturated rings. The lowest BCUT2D eigenvalue weighted by molar-refractivity contribution is -0.115. The van der Waals surface area contributed by atoms with Gasteiger partial charge in [0.25, 0.3) is 0 Å². The number of hydrogen-bond donors (Lipinski definition) is 2. The molecule has 0 aliphatic carbocycles. The van der Waals surface area contributed by atoms with Gasteiger partial charge in [0.05, 0.1) is 13.0 Å².